The zero-order valence-electron chi connectivity index (χ0n) is 7.53. The van der Waals surface area contributed by atoms with Crippen LogP contribution in [-0.4, -0.2) is 19.5 Å². The van der Waals surface area contributed by atoms with Crippen LogP contribution in [0.15, 0.2) is 28.6 Å². The van der Waals surface area contributed by atoms with Crippen LogP contribution in [-0.2, 0) is 0 Å². The molecule has 2 heterocycles. The third-order valence-electron chi connectivity index (χ3n) is 1.96. The number of halogens is 1. The van der Waals surface area contributed by atoms with E-state index in [9.17, 15) is 14.0 Å². The number of nitrogens with zero attached hydrogens (tertiary/aromatic N) is 2. The maximum Gasteiger partial charge on any atom is 0.332 e. The van der Waals surface area contributed by atoms with Gasteiger partial charge in [-0.1, -0.05) is 6.58 Å². The third kappa shape index (κ3) is 1.28. The molecule has 0 amide bonds. The van der Waals surface area contributed by atoms with Crippen molar-refractivity contribution in [2.45, 2.75) is 6.30 Å². The van der Waals surface area contributed by atoms with E-state index in [4.69, 9.17) is 0 Å². The zero-order valence-corrected chi connectivity index (χ0v) is 7.53. The van der Waals surface area contributed by atoms with E-state index in [0.717, 1.165) is 6.08 Å². The fourth-order valence-corrected chi connectivity index (χ4v) is 1.26. The summed E-state index contributed by atoms with van der Waals surface area (Å²) in [5.74, 6) is 0. The van der Waals surface area contributed by atoms with Crippen LogP contribution in [0.25, 0.3) is 11.2 Å². The van der Waals surface area contributed by atoms with Gasteiger partial charge in [0.25, 0.3) is 5.56 Å². The molecule has 0 aliphatic heterocycles. The molecule has 2 N–H and O–H groups in total. The second-order valence-corrected chi connectivity index (χ2v) is 2.84. The van der Waals surface area contributed by atoms with Crippen molar-refractivity contribution in [3.63, 3.8) is 0 Å². The van der Waals surface area contributed by atoms with Crippen LogP contribution in [0.4, 0.5) is 4.39 Å². The average Bonchev–Trinajstić information content (AvgIpc) is 2.65. The van der Waals surface area contributed by atoms with Gasteiger partial charge in [0, 0.05) is 0 Å². The first kappa shape index (κ1) is 9.38. The molecule has 2 rings (SSSR count). The molecule has 0 aromatic carbocycles. The lowest BCUT2D eigenvalue weighted by Gasteiger charge is -2.04. The number of imidazole rings is 1. The van der Waals surface area contributed by atoms with Gasteiger partial charge in [0.2, 0.25) is 6.30 Å². The Labute approximate surface area is 82.1 Å². The standard InChI is InChI=1S/C8H7FN4O2/c1-2-4(9)13-7(14)5-6(11-3-10-5)12-8(13)15/h2-4H,1H2,(H,10,11)(H,12,15). The largest absolute Gasteiger partial charge is 0.339 e. The lowest BCUT2D eigenvalue weighted by atomic mass is 10.5. The second-order valence-electron chi connectivity index (χ2n) is 2.84. The van der Waals surface area contributed by atoms with E-state index in [0.29, 0.717) is 4.57 Å². The molecule has 6 nitrogen and oxygen atoms in total. The molecule has 0 radical (unpaired) electrons. The van der Waals surface area contributed by atoms with Gasteiger partial charge in [-0.15, -0.1) is 0 Å². The van der Waals surface area contributed by atoms with E-state index in [1.807, 2.05) is 0 Å². The molecule has 7 heteroatoms. The second kappa shape index (κ2) is 3.19. The first-order valence-electron chi connectivity index (χ1n) is 4.09. The van der Waals surface area contributed by atoms with E-state index in [-0.39, 0.29) is 11.2 Å². The number of aromatic amines is 2. The lowest BCUT2D eigenvalue weighted by molar-refractivity contribution is 0.291. The van der Waals surface area contributed by atoms with Gasteiger partial charge in [0.05, 0.1) is 6.33 Å². The van der Waals surface area contributed by atoms with E-state index in [1.54, 1.807) is 0 Å². The van der Waals surface area contributed by atoms with Crippen molar-refractivity contribution in [1.29, 1.82) is 0 Å². The van der Waals surface area contributed by atoms with E-state index in [2.05, 4.69) is 21.5 Å². The Balaban J connectivity index is 2.90. The first-order chi connectivity index (χ1) is 7.15. The SMILES string of the molecule is C=CC(F)n1c(=O)[nH]c2nc[nH]c2c1=O. The summed E-state index contributed by atoms with van der Waals surface area (Å²) < 4.78 is 13.6. The molecule has 0 saturated carbocycles. The highest BCUT2D eigenvalue weighted by atomic mass is 19.1. The highest BCUT2D eigenvalue weighted by Gasteiger charge is 2.14. The Morgan fingerprint density at radius 3 is 3.00 bits per heavy atom. The molecule has 0 fully saturated rings. The van der Waals surface area contributed by atoms with Crippen molar-refractivity contribution in [2.75, 3.05) is 0 Å². The summed E-state index contributed by atoms with van der Waals surface area (Å²) in [5.41, 5.74) is -1.46. The van der Waals surface area contributed by atoms with Gasteiger partial charge >= 0.3 is 5.69 Å². The summed E-state index contributed by atoms with van der Waals surface area (Å²) >= 11 is 0. The number of nitrogens with one attached hydrogen (secondary N) is 2. The van der Waals surface area contributed by atoms with Crippen LogP contribution >= 0.6 is 0 Å². The van der Waals surface area contributed by atoms with Gasteiger partial charge in [-0.2, -0.15) is 0 Å². The molecule has 0 spiro atoms. The number of allylic oxidation sites excluding steroid dienone is 1. The first-order valence-corrected chi connectivity index (χ1v) is 4.09. The predicted octanol–water partition coefficient (Wildman–Crippen LogP) is 0.0670. The Morgan fingerprint density at radius 1 is 1.60 bits per heavy atom. The van der Waals surface area contributed by atoms with Gasteiger partial charge in [-0.3, -0.25) is 9.78 Å². The van der Waals surface area contributed by atoms with E-state index in [1.165, 1.54) is 6.33 Å². The fraction of sp³-hybridized carbons (Fsp3) is 0.125. The number of hydrogen-bond donors (Lipinski definition) is 2. The minimum Gasteiger partial charge on any atom is -0.339 e. The number of aromatic nitrogens is 4. The summed E-state index contributed by atoms with van der Waals surface area (Å²) in [6, 6.07) is 0. The molecule has 0 bridgehead atoms. The van der Waals surface area contributed by atoms with E-state index >= 15 is 0 Å². The number of alkyl halides is 1. The molecule has 0 aliphatic carbocycles. The Hall–Kier alpha value is -2.18. The van der Waals surface area contributed by atoms with Gasteiger partial charge in [-0.25, -0.2) is 18.7 Å². The third-order valence-corrected chi connectivity index (χ3v) is 1.96. The van der Waals surface area contributed by atoms with Crippen molar-refractivity contribution in [3.8, 4) is 0 Å². The lowest BCUT2D eigenvalue weighted by Crippen LogP contribution is -2.36. The van der Waals surface area contributed by atoms with Gasteiger partial charge in [-0.05, 0) is 6.08 Å². The monoisotopic (exact) mass is 210 g/mol. The molecule has 15 heavy (non-hydrogen) atoms. The van der Waals surface area contributed by atoms with Crippen molar-refractivity contribution >= 4 is 11.2 Å². The smallest absolute Gasteiger partial charge is 0.332 e. The summed E-state index contributed by atoms with van der Waals surface area (Å²) in [5, 5.41) is 0. The number of hydrogen-bond acceptors (Lipinski definition) is 3. The Kier molecular flexibility index (Phi) is 2.00. The van der Waals surface area contributed by atoms with Crippen LogP contribution in [0.5, 0.6) is 0 Å². The molecule has 78 valence electrons. The Bertz CT molecular complexity index is 623. The predicted molar refractivity (Wildman–Crippen MR) is 51.3 cm³/mol. The normalized spacial score (nSPS) is 12.9. The number of fused-ring (bicyclic) bond motifs is 1. The van der Waals surface area contributed by atoms with Gasteiger partial charge in [0.1, 0.15) is 5.52 Å². The van der Waals surface area contributed by atoms with Crippen LogP contribution in [0.3, 0.4) is 0 Å². The van der Waals surface area contributed by atoms with Crippen LogP contribution in [0.1, 0.15) is 6.30 Å². The molecule has 1 atom stereocenters. The highest BCUT2D eigenvalue weighted by molar-refractivity contribution is 5.67. The molecule has 2 aromatic heterocycles. The summed E-state index contributed by atoms with van der Waals surface area (Å²) in [4.78, 5) is 31.4. The summed E-state index contributed by atoms with van der Waals surface area (Å²) in [7, 11) is 0. The van der Waals surface area contributed by atoms with Gasteiger partial charge in [0.15, 0.2) is 5.65 Å². The molecular formula is C8H7FN4O2. The minimum absolute atomic E-state index is 0.0547. The fourth-order valence-electron chi connectivity index (χ4n) is 1.26. The highest BCUT2D eigenvalue weighted by Crippen LogP contribution is 2.04. The van der Waals surface area contributed by atoms with Crippen LogP contribution in [0.2, 0.25) is 0 Å². The quantitative estimate of drug-likeness (QED) is 0.688. The average molecular weight is 210 g/mol. The Morgan fingerprint density at radius 2 is 2.33 bits per heavy atom. The topological polar surface area (TPSA) is 83.5 Å². The maximum atomic E-state index is 13.2. The van der Waals surface area contributed by atoms with Crippen molar-refractivity contribution in [2.24, 2.45) is 0 Å². The van der Waals surface area contributed by atoms with Crippen molar-refractivity contribution in [3.05, 3.63) is 39.8 Å². The molecule has 0 aliphatic rings. The number of rotatable bonds is 2. The molecular weight excluding hydrogens is 203 g/mol. The molecule has 2 aromatic rings. The number of H-pyrrole nitrogens is 2. The maximum absolute atomic E-state index is 13.2. The molecule has 1 unspecified atom stereocenters. The minimum atomic E-state index is -1.85. The van der Waals surface area contributed by atoms with Crippen LogP contribution in [0, 0.1) is 0 Å². The van der Waals surface area contributed by atoms with Gasteiger partial charge < -0.3 is 4.98 Å². The van der Waals surface area contributed by atoms with Crippen molar-refractivity contribution < 1.29 is 4.39 Å². The summed E-state index contributed by atoms with van der Waals surface area (Å²) in [6.07, 6.45) is 0.251. The van der Waals surface area contributed by atoms with E-state index < -0.39 is 17.5 Å². The van der Waals surface area contributed by atoms with Crippen LogP contribution < -0.4 is 11.2 Å². The zero-order chi connectivity index (χ0) is 11.0. The van der Waals surface area contributed by atoms with Crippen molar-refractivity contribution in [1.82, 2.24) is 19.5 Å². The summed E-state index contributed by atoms with van der Waals surface area (Å²) in [6.45, 7) is 3.17. The molecule has 0 saturated heterocycles.